The van der Waals surface area contributed by atoms with Crippen molar-refractivity contribution >= 4 is 0 Å². The van der Waals surface area contributed by atoms with Crippen molar-refractivity contribution in [3.05, 3.63) is 35.4 Å². The number of alkyl halides is 3. The first-order valence-corrected chi connectivity index (χ1v) is 3.98. The first-order chi connectivity index (χ1) is 6.54. The molecule has 1 N–H and O–H groups in total. The molecule has 0 amide bonds. The second-order valence-electron chi connectivity index (χ2n) is 2.69. The maximum atomic E-state index is 12.2. The topological polar surface area (TPSA) is 21.3 Å². The highest BCUT2D eigenvalue weighted by Gasteiger charge is 2.30. The maximum Gasteiger partial charge on any atom is 0.416 e. The van der Waals surface area contributed by atoms with Gasteiger partial charge in [0, 0.05) is 7.05 Å². The number of nitrogens with one attached hydrogen (secondary N) is 1. The van der Waals surface area contributed by atoms with Gasteiger partial charge in [0.1, 0.15) is 0 Å². The van der Waals surface area contributed by atoms with E-state index in [-0.39, 0.29) is 6.61 Å². The van der Waals surface area contributed by atoms with E-state index < -0.39 is 11.7 Å². The van der Waals surface area contributed by atoms with Gasteiger partial charge < -0.3 is 0 Å². The molecule has 0 saturated carbocycles. The Bertz CT molecular complexity index is 298. The monoisotopic (exact) mass is 205 g/mol. The van der Waals surface area contributed by atoms with Gasteiger partial charge in [-0.2, -0.15) is 13.2 Å². The molecule has 0 radical (unpaired) electrons. The number of benzene rings is 1. The van der Waals surface area contributed by atoms with Crippen LogP contribution < -0.4 is 5.48 Å². The van der Waals surface area contributed by atoms with Gasteiger partial charge in [-0.15, -0.1) is 0 Å². The van der Waals surface area contributed by atoms with Crippen LogP contribution in [0, 0.1) is 0 Å². The molecule has 0 aromatic heterocycles. The van der Waals surface area contributed by atoms with Crippen LogP contribution in [0.1, 0.15) is 11.1 Å². The summed E-state index contributed by atoms with van der Waals surface area (Å²) in [6.45, 7) is 0.112. The number of hydroxylamine groups is 1. The largest absolute Gasteiger partial charge is 0.416 e. The molecule has 0 heterocycles. The van der Waals surface area contributed by atoms with Crippen LogP contribution in [0.15, 0.2) is 24.3 Å². The molecule has 1 aromatic rings. The Hall–Kier alpha value is -1.07. The smallest absolute Gasteiger partial charge is 0.297 e. The van der Waals surface area contributed by atoms with Crippen LogP contribution in [-0.4, -0.2) is 7.05 Å². The highest BCUT2D eigenvalue weighted by Crippen LogP contribution is 2.29. The zero-order chi connectivity index (χ0) is 10.6. The first kappa shape index (κ1) is 11.0. The minimum atomic E-state index is -4.30. The molecule has 0 bridgehead atoms. The first-order valence-electron chi connectivity index (χ1n) is 3.98. The molecule has 5 heteroatoms. The summed E-state index contributed by atoms with van der Waals surface area (Å²) >= 11 is 0. The molecule has 0 aliphatic heterocycles. The van der Waals surface area contributed by atoms with E-state index >= 15 is 0 Å². The van der Waals surface area contributed by atoms with Gasteiger partial charge in [-0.05, 0) is 17.7 Å². The summed E-state index contributed by atoms with van der Waals surface area (Å²) in [5, 5.41) is 0. The quantitative estimate of drug-likeness (QED) is 0.765. The van der Waals surface area contributed by atoms with E-state index in [1.165, 1.54) is 6.07 Å². The van der Waals surface area contributed by atoms with E-state index in [1.54, 1.807) is 13.1 Å². The molecule has 0 unspecified atom stereocenters. The third-order valence-corrected chi connectivity index (χ3v) is 1.64. The summed E-state index contributed by atoms with van der Waals surface area (Å²) in [6.07, 6.45) is -4.30. The van der Waals surface area contributed by atoms with Gasteiger partial charge in [-0.3, -0.25) is 4.84 Å². The lowest BCUT2D eigenvalue weighted by atomic mass is 10.1. The van der Waals surface area contributed by atoms with Gasteiger partial charge in [0.2, 0.25) is 0 Å². The van der Waals surface area contributed by atoms with Crippen LogP contribution in [0.2, 0.25) is 0 Å². The fourth-order valence-corrected chi connectivity index (χ4v) is 0.993. The highest BCUT2D eigenvalue weighted by molar-refractivity contribution is 5.25. The third-order valence-electron chi connectivity index (χ3n) is 1.64. The third kappa shape index (κ3) is 3.01. The molecule has 78 valence electrons. The van der Waals surface area contributed by atoms with Crippen molar-refractivity contribution in [1.29, 1.82) is 0 Å². The Morgan fingerprint density at radius 1 is 1.36 bits per heavy atom. The second kappa shape index (κ2) is 4.43. The van der Waals surface area contributed by atoms with E-state index in [0.29, 0.717) is 5.56 Å². The molecule has 0 aliphatic rings. The van der Waals surface area contributed by atoms with E-state index in [0.717, 1.165) is 12.1 Å². The molecular weight excluding hydrogens is 195 g/mol. The average molecular weight is 205 g/mol. The van der Waals surface area contributed by atoms with Gasteiger partial charge in [0.05, 0.1) is 12.2 Å². The zero-order valence-corrected chi connectivity index (χ0v) is 7.56. The predicted octanol–water partition coefficient (Wildman–Crippen LogP) is 2.36. The van der Waals surface area contributed by atoms with E-state index in [2.05, 4.69) is 5.48 Å². The molecule has 0 saturated heterocycles. The lowest BCUT2D eigenvalue weighted by Gasteiger charge is -2.08. The fourth-order valence-electron chi connectivity index (χ4n) is 0.993. The van der Waals surface area contributed by atoms with Crippen LogP contribution in [-0.2, 0) is 17.6 Å². The van der Waals surface area contributed by atoms with Gasteiger partial charge in [0.25, 0.3) is 0 Å². The van der Waals surface area contributed by atoms with Crippen molar-refractivity contribution in [2.24, 2.45) is 0 Å². The molecular formula is C9H10F3NO. The Kier molecular flexibility index (Phi) is 3.49. The normalized spacial score (nSPS) is 11.7. The molecule has 0 aliphatic carbocycles. The molecule has 2 nitrogen and oxygen atoms in total. The second-order valence-corrected chi connectivity index (χ2v) is 2.69. The van der Waals surface area contributed by atoms with Crippen LogP contribution in [0.3, 0.4) is 0 Å². The summed E-state index contributed by atoms with van der Waals surface area (Å²) < 4.78 is 36.7. The van der Waals surface area contributed by atoms with Crippen molar-refractivity contribution < 1.29 is 18.0 Å². The van der Waals surface area contributed by atoms with E-state index in [9.17, 15) is 13.2 Å². The minimum Gasteiger partial charge on any atom is -0.297 e. The standard InChI is InChI=1S/C9H10F3NO/c1-13-14-6-7-3-2-4-8(5-7)9(10,11)12/h2-5,13H,6H2,1H3. The summed E-state index contributed by atoms with van der Waals surface area (Å²) in [6, 6.07) is 5.03. The zero-order valence-electron chi connectivity index (χ0n) is 7.56. The predicted molar refractivity (Wildman–Crippen MR) is 45.3 cm³/mol. The Morgan fingerprint density at radius 3 is 2.64 bits per heavy atom. The van der Waals surface area contributed by atoms with Crippen molar-refractivity contribution in [2.75, 3.05) is 7.05 Å². The summed E-state index contributed by atoms with van der Waals surface area (Å²) in [7, 11) is 1.55. The lowest BCUT2D eigenvalue weighted by molar-refractivity contribution is -0.137. The fraction of sp³-hybridized carbons (Fsp3) is 0.333. The van der Waals surface area contributed by atoms with E-state index in [4.69, 9.17) is 4.84 Å². The summed E-state index contributed by atoms with van der Waals surface area (Å²) in [5.74, 6) is 0. The molecule has 0 fully saturated rings. The van der Waals surface area contributed by atoms with Crippen molar-refractivity contribution in [2.45, 2.75) is 12.8 Å². The van der Waals surface area contributed by atoms with E-state index in [1.807, 2.05) is 0 Å². The van der Waals surface area contributed by atoms with Crippen LogP contribution in [0.25, 0.3) is 0 Å². The maximum absolute atomic E-state index is 12.2. The molecule has 1 aromatic carbocycles. The van der Waals surface area contributed by atoms with Crippen LogP contribution >= 0.6 is 0 Å². The Balaban J connectivity index is 2.79. The summed E-state index contributed by atoms with van der Waals surface area (Å²) in [4.78, 5) is 4.77. The van der Waals surface area contributed by atoms with Gasteiger partial charge in [-0.1, -0.05) is 12.1 Å². The van der Waals surface area contributed by atoms with Gasteiger partial charge >= 0.3 is 6.18 Å². The van der Waals surface area contributed by atoms with Crippen molar-refractivity contribution in [3.8, 4) is 0 Å². The van der Waals surface area contributed by atoms with Gasteiger partial charge in [0.15, 0.2) is 0 Å². The average Bonchev–Trinajstić information content (AvgIpc) is 2.14. The number of halogens is 3. The number of hydrogen-bond donors (Lipinski definition) is 1. The summed E-state index contributed by atoms with van der Waals surface area (Å²) in [5.41, 5.74) is 2.22. The van der Waals surface area contributed by atoms with Crippen molar-refractivity contribution in [1.82, 2.24) is 5.48 Å². The number of rotatable bonds is 3. The lowest BCUT2D eigenvalue weighted by Crippen LogP contribution is -2.09. The highest BCUT2D eigenvalue weighted by atomic mass is 19.4. The van der Waals surface area contributed by atoms with Crippen molar-refractivity contribution in [3.63, 3.8) is 0 Å². The SMILES string of the molecule is CNOCc1cccc(C(F)(F)F)c1. The van der Waals surface area contributed by atoms with Crippen LogP contribution in [0.5, 0.6) is 0 Å². The molecule has 0 spiro atoms. The minimum absolute atomic E-state index is 0.112. The molecule has 0 atom stereocenters. The Morgan fingerprint density at radius 2 is 2.07 bits per heavy atom. The Labute approximate surface area is 79.6 Å². The molecule has 1 rings (SSSR count). The molecule has 14 heavy (non-hydrogen) atoms. The van der Waals surface area contributed by atoms with Gasteiger partial charge in [-0.25, -0.2) is 5.48 Å². The number of hydrogen-bond acceptors (Lipinski definition) is 2. The van der Waals surface area contributed by atoms with Crippen LogP contribution in [0.4, 0.5) is 13.2 Å².